The fourth-order valence-electron chi connectivity index (χ4n) is 2.40. The van der Waals surface area contributed by atoms with E-state index in [0.29, 0.717) is 16.1 Å². The van der Waals surface area contributed by atoms with Gasteiger partial charge in [0.1, 0.15) is 6.04 Å². The van der Waals surface area contributed by atoms with Gasteiger partial charge in [-0.2, -0.15) is 0 Å². The number of aryl methyl sites for hydroxylation is 1. The zero-order chi connectivity index (χ0) is 19.6. The average molecular weight is 450 g/mol. The number of halogens is 1. The zero-order valence-electron chi connectivity index (χ0n) is 15.0. The Hall–Kier alpha value is -2.19. The molecule has 0 bridgehead atoms. The Labute approximate surface area is 169 Å². The van der Waals surface area contributed by atoms with Crippen molar-refractivity contribution in [3.8, 4) is 0 Å². The van der Waals surface area contributed by atoms with E-state index in [1.807, 2.05) is 6.92 Å². The smallest absolute Gasteiger partial charge is 0.262 e. The summed E-state index contributed by atoms with van der Waals surface area (Å²) >= 11 is 4.61. The molecule has 1 fully saturated rings. The highest BCUT2D eigenvalue weighted by molar-refractivity contribution is 9.11. The van der Waals surface area contributed by atoms with Crippen molar-refractivity contribution in [2.24, 2.45) is 0 Å². The second-order valence-electron chi connectivity index (χ2n) is 6.57. The van der Waals surface area contributed by atoms with Crippen LogP contribution < -0.4 is 16.0 Å². The second kappa shape index (κ2) is 8.22. The van der Waals surface area contributed by atoms with Gasteiger partial charge in [-0.3, -0.25) is 14.4 Å². The summed E-state index contributed by atoms with van der Waals surface area (Å²) in [7, 11) is 0. The molecule has 1 heterocycles. The van der Waals surface area contributed by atoms with Gasteiger partial charge >= 0.3 is 0 Å². The van der Waals surface area contributed by atoms with E-state index >= 15 is 0 Å². The van der Waals surface area contributed by atoms with Crippen molar-refractivity contribution in [3.63, 3.8) is 0 Å². The van der Waals surface area contributed by atoms with Crippen molar-refractivity contribution < 1.29 is 14.4 Å². The van der Waals surface area contributed by atoms with Gasteiger partial charge in [-0.1, -0.05) is 6.07 Å². The van der Waals surface area contributed by atoms with Crippen LogP contribution in [0.3, 0.4) is 0 Å². The van der Waals surface area contributed by atoms with Gasteiger partial charge in [0, 0.05) is 17.3 Å². The first-order chi connectivity index (χ1) is 12.8. The molecule has 27 heavy (non-hydrogen) atoms. The standard InChI is InChI=1S/C19H20BrN3O3S/c1-10-3-4-12(18(25)22-13-5-6-13)9-14(10)23-17(24)11(2)21-19(26)15-7-8-16(20)27-15/h3-4,7-9,11,13H,5-6H2,1-2H3,(H,21,26)(H,22,25)(H,23,24). The molecule has 1 saturated carbocycles. The number of amides is 3. The first-order valence-corrected chi connectivity index (χ1v) is 10.2. The lowest BCUT2D eigenvalue weighted by molar-refractivity contribution is -0.117. The molecule has 6 nitrogen and oxygen atoms in total. The topological polar surface area (TPSA) is 87.3 Å². The van der Waals surface area contributed by atoms with Gasteiger partial charge < -0.3 is 16.0 Å². The Kier molecular flexibility index (Phi) is 5.96. The van der Waals surface area contributed by atoms with Crippen LogP contribution in [0, 0.1) is 6.92 Å². The Morgan fingerprint density at radius 1 is 1.15 bits per heavy atom. The number of benzene rings is 1. The molecule has 0 aliphatic heterocycles. The Morgan fingerprint density at radius 3 is 2.52 bits per heavy atom. The largest absolute Gasteiger partial charge is 0.349 e. The molecule has 1 aliphatic carbocycles. The minimum Gasteiger partial charge on any atom is -0.349 e. The molecule has 142 valence electrons. The third kappa shape index (κ3) is 5.17. The van der Waals surface area contributed by atoms with E-state index in [9.17, 15) is 14.4 Å². The average Bonchev–Trinajstić information content (AvgIpc) is 3.33. The molecule has 3 amide bonds. The van der Waals surface area contributed by atoms with Crippen LogP contribution in [0.2, 0.25) is 0 Å². The summed E-state index contributed by atoms with van der Waals surface area (Å²) in [6.45, 7) is 3.47. The van der Waals surface area contributed by atoms with Crippen LogP contribution in [0.15, 0.2) is 34.1 Å². The monoisotopic (exact) mass is 449 g/mol. The maximum atomic E-state index is 12.5. The summed E-state index contributed by atoms with van der Waals surface area (Å²) in [5.74, 6) is -0.790. The summed E-state index contributed by atoms with van der Waals surface area (Å²) in [5, 5.41) is 8.40. The Morgan fingerprint density at radius 2 is 1.89 bits per heavy atom. The van der Waals surface area contributed by atoms with Gasteiger partial charge in [-0.05, 0) is 72.4 Å². The van der Waals surface area contributed by atoms with E-state index in [-0.39, 0.29) is 23.8 Å². The lowest BCUT2D eigenvalue weighted by Crippen LogP contribution is -2.41. The third-order valence-electron chi connectivity index (χ3n) is 4.21. The lowest BCUT2D eigenvalue weighted by Gasteiger charge is -2.15. The molecule has 1 atom stereocenters. The number of hydrogen-bond donors (Lipinski definition) is 3. The number of hydrogen-bond acceptors (Lipinski definition) is 4. The normalized spacial score (nSPS) is 14.3. The molecule has 8 heteroatoms. The SMILES string of the molecule is Cc1ccc(C(=O)NC2CC2)cc1NC(=O)C(C)NC(=O)c1ccc(Br)s1. The molecular formula is C19H20BrN3O3S. The summed E-state index contributed by atoms with van der Waals surface area (Å²) in [6, 6.07) is 8.22. The van der Waals surface area contributed by atoms with Crippen LogP contribution in [0.1, 0.15) is 45.4 Å². The van der Waals surface area contributed by atoms with E-state index in [0.717, 1.165) is 22.2 Å². The summed E-state index contributed by atoms with van der Waals surface area (Å²) < 4.78 is 0.849. The van der Waals surface area contributed by atoms with E-state index in [2.05, 4.69) is 31.9 Å². The van der Waals surface area contributed by atoms with Crippen molar-refractivity contribution in [2.75, 3.05) is 5.32 Å². The lowest BCUT2D eigenvalue weighted by atomic mass is 10.1. The van der Waals surface area contributed by atoms with Crippen LogP contribution in [0.4, 0.5) is 5.69 Å². The fraction of sp³-hybridized carbons (Fsp3) is 0.316. The second-order valence-corrected chi connectivity index (χ2v) is 9.03. The van der Waals surface area contributed by atoms with Gasteiger partial charge in [0.25, 0.3) is 11.8 Å². The minimum atomic E-state index is -0.721. The maximum absolute atomic E-state index is 12.5. The fourth-order valence-corrected chi connectivity index (χ4v) is 3.69. The molecule has 3 N–H and O–H groups in total. The molecular weight excluding hydrogens is 430 g/mol. The maximum Gasteiger partial charge on any atom is 0.262 e. The minimum absolute atomic E-state index is 0.141. The molecule has 1 aliphatic rings. The molecule has 1 aromatic heterocycles. The van der Waals surface area contributed by atoms with Crippen molar-refractivity contribution in [1.82, 2.24) is 10.6 Å². The van der Waals surface area contributed by atoms with E-state index < -0.39 is 6.04 Å². The first-order valence-electron chi connectivity index (χ1n) is 8.62. The highest BCUT2D eigenvalue weighted by atomic mass is 79.9. The number of thiophene rings is 1. The Balaban J connectivity index is 1.63. The van der Waals surface area contributed by atoms with Gasteiger partial charge in [-0.25, -0.2) is 0 Å². The highest BCUT2D eigenvalue weighted by Gasteiger charge is 2.24. The quantitative estimate of drug-likeness (QED) is 0.630. The summed E-state index contributed by atoms with van der Waals surface area (Å²) in [6.07, 6.45) is 2.03. The molecule has 0 spiro atoms. The molecule has 1 aromatic carbocycles. The van der Waals surface area contributed by atoms with Crippen molar-refractivity contribution in [2.45, 2.75) is 38.8 Å². The van der Waals surface area contributed by atoms with Crippen molar-refractivity contribution in [1.29, 1.82) is 0 Å². The van der Waals surface area contributed by atoms with Crippen molar-refractivity contribution in [3.05, 3.63) is 50.1 Å². The van der Waals surface area contributed by atoms with Gasteiger partial charge in [-0.15, -0.1) is 11.3 Å². The Bertz CT molecular complexity index is 892. The first kappa shape index (κ1) is 19.6. The predicted molar refractivity (Wildman–Crippen MR) is 109 cm³/mol. The van der Waals surface area contributed by atoms with Gasteiger partial charge in [0.15, 0.2) is 0 Å². The number of anilines is 1. The number of nitrogens with one attached hydrogen (secondary N) is 3. The van der Waals surface area contributed by atoms with Crippen molar-refractivity contribution >= 4 is 50.7 Å². The van der Waals surface area contributed by atoms with Crippen LogP contribution in [-0.4, -0.2) is 29.8 Å². The zero-order valence-corrected chi connectivity index (χ0v) is 17.4. The molecule has 0 radical (unpaired) electrons. The number of rotatable bonds is 6. The molecule has 2 aromatic rings. The number of carbonyl (C=O) groups excluding carboxylic acids is 3. The van der Waals surface area contributed by atoms with E-state index in [4.69, 9.17) is 0 Å². The predicted octanol–water partition coefficient (Wildman–Crippen LogP) is 3.47. The summed E-state index contributed by atoms with van der Waals surface area (Å²) in [5.41, 5.74) is 1.90. The molecule has 3 rings (SSSR count). The van der Waals surface area contributed by atoms with Crippen LogP contribution in [-0.2, 0) is 4.79 Å². The van der Waals surface area contributed by atoms with Crippen LogP contribution in [0.5, 0.6) is 0 Å². The van der Waals surface area contributed by atoms with Gasteiger partial charge in [0.05, 0.1) is 8.66 Å². The van der Waals surface area contributed by atoms with Crippen LogP contribution >= 0.6 is 27.3 Å². The molecule has 0 saturated heterocycles. The van der Waals surface area contributed by atoms with Gasteiger partial charge in [0.2, 0.25) is 5.91 Å². The number of carbonyl (C=O) groups is 3. The van der Waals surface area contributed by atoms with Crippen LogP contribution in [0.25, 0.3) is 0 Å². The molecule has 1 unspecified atom stereocenters. The third-order valence-corrected chi connectivity index (χ3v) is 5.83. The summed E-state index contributed by atoms with van der Waals surface area (Å²) in [4.78, 5) is 37.4. The highest BCUT2D eigenvalue weighted by Crippen LogP contribution is 2.23. The van der Waals surface area contributed by atoms with E-state index in [1.165, 1.54) is 11.3 Å². The van der Waals surface area contributed by atoms with E-state index in [1.54, 1.807) is 37.3 Å².